The van der Waals surface area contributed by atoms with Crippen LogP contribution in [0.5, 0.6) is 0 Å². The molecule has 2 amide bonds. The molecule has 2 heterocycles. The lowest BCUT2D eigenvalue weighted by Crippen LogP contribution is -2.50. The van der Waals surface area contributed by atoms with Gasteiger partial charge in [0.15, 0.2) is 0 Å². The SMILES string of the molecule is C=CC[C@@H]1CCC(=O)N(Cc2ccccc2)C1.C=CC[C@@H]1C[C@@H]([C@@H](O)[C@@H](C)Cc2cc(F)cc(F)c2)C(=O)N(Cc2ccccc2)C1. The lowest BCUT2D eigenvalue weighted by molar-refractivity contribution is -0.147. The molecule has 0 saturated carbocycles. The normalized spacial score (nSPS) is 21.0. The Morgan fingerprint density at radius 3 is 1.91 bits per heavy atom. The summed E-state index contributed by atoms with van der Waals surface area (Å²) in [6.07, 6.45) is 7.27. The predicted molar refractivity (Wildman–Crippen MR) is 183 cm³/mol. The number of carbonyl (C=O) groups excluding carboxylic acids is 2. The molecule has 250 valence electrons. The number of hydrogen-bond donors (Lipinski definition) is 1. The zero-order valence-electron chi connectivity index (χ0n) is 27.4. The summed E-state index contributed by atoms with van der Waals surface area (Å²) in [5, 5.41) is 11.0. The first kappa shape index (κ1) is 35.7. The van der Waals surface area contributed by atoms with E-state index in [4.69, 9.17) is 0 Å². The topological polar surface area (TPSA) is 60.9 Å². The van der Waals surface area contributed by atoms with E-state index < -0.39 is 23.7 Å². The van der Waals surface area contributed by atoms with Gasteiger partial charge in [-0.1, -0.05) is 79.7 Å². The van der Waals surface area contributed by atoms with E-state index >= 15 is 0 Å². The van der Waals surface area contributed by atoms with E-state index in [1.807, 2.05) is 77.4 Å². The van der Waals surface area contributed by atoms with Gasteiger partial charge in [0.1, 0.15) is 11.6 Å². The molecule has 1 N–H and O–H groups in total. The van der Waals surface area contributed by atoms with Crippen LogP contribution in [0.15, 0.2) is 104 Å². The van der Waals surface area contributed by atoms with Gasteiger partial charge in [-0.15, -0.1) is 13.2 Å². The van der Waals surface area contributed by atoms with Gasteiger partial charge in [-0.2, -0.15) is 0 Å². The van der Waals surface area contributed by atoms with Gasteiger partial charge >= 0.3 is 0 Å². The van der Waals surface area contributed by atoms with Crippen LogP contribution in [0.1, 0.15) is 55.7 Å². The lowest BCUT2D eigenvalue weighted by atomic mass is 9.78. The number of likely N-dealkylation sites (tertiary alicyclic amines) is 2. The summed E-state index contributed by atoms with van der Waals surface area (Å²) in [6.45, 7) is 12.2. The number of piperidine rings is 2. The van der Waals surface area contributed by atoms with Crippen molar-refractivity contribution in [2.24, 2.45) is 23.7 Å². The number of allylic oxidation sites excluding steroid dienone is 2. The Morgan fingerprint density at radius 2 is 1.34 bits per heavy atom. The number of aliphatic hydroxyl groups excluding tert-OH is 1. The molecule has 0 aromatic heterocycles. The number of carbonyl (C=O) groups is 2. The number of benzene rings is 3. The van der Waals surface area contributed by atoms with E-state index in [0.29, 0.717) is 43.8 Å². The highest BCUT2D eigenvalue weighted by atomic mass is 19.1. The maximum atomic E-state index is 13.5. The van der Waals surface area contributed by atoms with Crippen LogP contribution in [0.2, 0.25) is 0 Å². The minimum Gasteiger partial charge on any atom is -0.392 e. The van der Waals surface area contributed by atoms with Crippen LogP contribution in [-0.4, -0.2) is 45.9 Å². The molecule has 2 fully saturated rings. The second-order valence-corrected chi connectivity index (χ2v) is 13.1. The van der Waals surface area contributed by atoms with E-state index in [1.165, 1.54) is 17.7 Å². The van der Waals surface area contributed by atoms with E-state index in [9.17, 15) is 23.5 Å². The van der Waals surface area contributed by atoms with Crippen LogP contribution in [-0.2, 0) is 29.1 Å². The second kappa shape index (κ2) is 17.7. The van der Waals surface area contributed by atoms with Crippen LogP contribution < -0.4 is 0 Å². The maximum absolute atomic E-state index is 13.5. The highest BCUT2D eigenvalue weighted by Gasteiger charge is 2.39. The minimum absolute atomic E-state index is 0.0658. The monoisotopic (exact) mass is 642 g/mol. The first-order chi connectivity index (χ1) is 22.7. The predicted octanol–water partition coefficient (Wildman–Crippen LogP) is 7.75. The van der Waals surface area contributed by atoms with Crippen molar-refractivity contribution in [1.82, 2.24) is 9.80 Å². The average Bonchev–Trinajstić information content (AvgIpc) is 3.05. The summed E-state index contributed by atoms with van der Waals surface area (Å²) in [5.41, 5.74) is 2.73. The maximum Gasteiger partial charge on any atom is 0.228 e. The first-order valence-corrected chi connectivity index (χ1v) is 16.7. The van der Waals surface area contributed by atoms with Gasteiger partial charge in [0.25, 0.3) is 0 Å². The molecule has 7 heteroatoms. The molecule has 0 bridgehead atoms. The Labute approximate surface area is 278 Å². The van der Waals surface area contributed by atoms with E-state index in [2.05, 4.69) is 25.3 Å². The second-order valence-electron chi connectivity index (χ2n) is 13.1. The highest BCUT2D eigenvalue weighted by molar-refractivity contribution is 5.80. The molecule has 0 aliphatic carbocycles. The Bertz CT molecular complexity index is 1440. The number of nitrogens with zero attached hydrogens (tertiary/aromatic N) is 2. The van der Waals surface area contributed by atoms with E-state index in [0.717, 1.165) is 44.0 Å². The number of rotatable bonds is 12. The first-order valence-electron chi connectivity index (χ1n) is 16.7. The Hall–Kier alpha value is -4.10. The third-order valence-electron chi connectivity index (χ3n) is 9.20. The molecule has 0 unspecified atom stereocenters. The van der Waals surface area contributed by atoms with Gasteiger partial charge in [-0.05, 0) is 78.7 Å². The largest absolute Gasteiger partial charge is 0.392 e. The van der Waals surface area contributed by atoms with Gasteiger partial charge in [0.05, 0.1) is 12.0 Å². The van der Waals surface area contributed by atoms with Crippen molar-refractivity contribution in [3.63, 3.8) is 0 Å². The van der Waals surface area contributed by atoms with Crippen molar-refractivity contribution in [3.05, 3.63) is 132 Å². The van der Waals surface area contributed by atoms with Crippen molar-refractivity contribution in [2.75, 3.05) is 13.1 Å². The van der Waals surface area contributed by atoms with Gasteiger partial charge < -0.3 is 14.9 Å². The molecule has 3 aromatic carbocycles. The molecule has 5 nitrogen and oxygen atoms in total. The molecule has 0 spiro atoms. The van der Waals surface area contributed by atoms with E-state index in [1.54, 1.807) is 0 Å². The molecule has 2 saturated heterocycles. The summed E-state index contributed by atoms with van der Waals surface area (Å²) >= 11 is 0. The fraction of sp³-hybridized carbons (Fsp3) is 0.400. The Kier molecular flexibility index (Phi) is 13.5. The van der Waals surface area contributed by atoms with Crippen LogP contribution in [0, 0.1) is 35.3 Å². The summed E-state index contributed by atoms with van der Waals surface area (Å²) < 4.78 is 27.0. The highest BCUT2D eigenvalue weighted by Crippen LogP contribution is 2.32. The molecule has 5 rings (SSSR count). The molecule has 2 aliphatic heterocycles. The van der Waals surface area contributed by atoms with Crippen molar-refractivity contribution in [3.8, 4) is 0 Å². The van der Waals surface area contributed by atoms with Crippen LogP contribution >= 0.6 is 0 Å². The van der Waals surface area contributed by atoms with Gasteiger partial charge in [0.2, 0.25) is 11.8 Å². The van der Waals surface area contributed by atoms with Crippen molar-refractivity contribution in [2.45, 2.75) is 64.6 Å². The number of amides is 2. The average molecular weight is 643 g/mol. The smallest absolute Gasteiger partial charge is 0.228 e. The molecular weight excluding hydrogens is 594 g/mol. The zero-order chi connectivity index (χ0) is 33.8. The third kappa shape index (κ3) is 10.7. The van der Waals surface area contributed by atoms with Crippen molar-refractivity contribution >= 4 is 11.8 Å². The van der Waals surface area contributed by atoms with Gasteiger partial charge in [-0.25, -0.2) is 8.78 Å². The van der Waals surface area contributed by atoms with Crippen LogP contribution in [0.4, 0.5) is 8.78 Å². The summed E-state index contributed by atoms with van der Waals surface area (Å²) in [6, 6.07) is 23.4. The molecule has 3 aromatic rings. The van der Waals surface area contributed by atoms with E-state index in [-0.39, 0.29) is 23.7 Å². The molecular formula is C40H48F2N2O3. The zero-order valence-corrected chi connectivity index (χ0v) is 27.4. The number of aliphatic hydroxyl groups is 1. The van der Waals surface area contributed by atoms with Gasteiger partial charge in [0, 0.05) is 38.7 Å². The quantitative estimate of drug-likeness (QED) is 0.206. The van der Waals surface area contributed by atoms with Crippen LogP contribution in [0.3, 0.4) is 0 Å². The van der Waals surface area contributed by atoms with Gasteiger partial charge in [-0.3, -0.25) is 9.59 Å². The summed E-state index contributed by atoms with van der Waals surface area (Å²) in [7, 11) is 0. The molecule has 47 heavy (non-hydrogen) atoms. The third-order valence-corrected chi connectivity index (χ3v) is 9.20. The molecule has 2 aliphatic rings. The fourth-order valence-corrected chi connectivity index (χ4v) is 6.80. The van der Waals surface area contributed by atoms with Crippen molar-refractivity contribution < 1.29 is 23.5 Å². The Balaban J connectivity index is 0.000000248. The Morgan fingerprint density at radius 1 is 0.809 bits per heavy atom. The summed E-state index contributed by atoms with van der Waals surface area (Å²) in [4.78, 5) is 28.8. The summed E-state index contributed by atoms with van der Waals surface area (Å²) in [5.74, 6) is -1.10. The lowest BCUT2D eigenvalue weighted by Gasteiger charge is -2.40. The number of halogens is 2. The van der Waals surface area contributed by atoms with Crippen LogP contribution in [0.25, 0.3) is 0 Å². The standard InChI is InChI=1S/C25H29F2NO2.C15H19NO/c1-3-7-19-13-23(25(30)28(16-19)15-18-8-5-4-6-9-18)24(29)17(2)10-20-11-21(26)14-22(27)12-20;1-2-6-13-9-10-15(17)16(11-13)12-14-7-4-3-5-8-14/h3-6,8-9,11-12,14,17,19,23-24,29H,1,7,10,13,15-16H2,2H3;2-5,7-8,13H,1,6,9-12H2/t17-,19+,23-,24-;13-/m01/s1. The fourth-order valence-electron chi connectivity index (χ4n) is 6.80. The van der Waals surface area contributed by atoms with Crippen molar-refractivity contribution in [1.29, 1.82) is 0 Å². The molecule has 0 radical (unpaired) electrons. The minimum atomic E-state index is -0.894. The molecule has 5 atom stereocenters. The number of hydrogen-bond acceptors (Lipinski definition) is 3.